The molecule has 202 valence electrons. The molecule has 0 atom stereocenters. The van der Waals surface area contributed by atoms with Gasteiger partial charge in [0.15, 0.2) is 0 Å². The first-order valence-electron chi connectivity index (χ1n) is 9.00. The van der Waals surface area contributed by atoms with Gasteiger partial charge in [-0.15, -0.1) is 0 Å². The summed E-state index contributed by atoms with van der Waals surface area (Å²) in [6, 6.07) is 0. The Morgan fingerprint density at radius 1 is 0.545 bits per heavy atom. The molecule has 0 spiro atoms. The van der Waals surface area contributed by atoms with E-state index in [0.717, 1.165) is 6.54 Å². The van der Waals surface area contributed by atoms with Crippen molar-refractivity contribution in [2.45, 2.75) is 80.7 Å². The summed E-state index contributed by atoms with van der Waals surface area (Å²) in [5.41, 5.74) is 5.31. The maximum atomic E-state index is 13.0. The summed E-state index contributed by atoms with van der Waals surface area (Å²) in [6.45, 7) is 0.319. The summed E-state index contributed by atoms with van der Waals surface area (Å²) in [6.07, 6.45) is -0.997. The van der Waals surface area contributed by atoms with Crippen LogP contribution in [0.4, 0.5) is 65.9 Å². The van der Waals surface area contributed by atoms with Crippen LogP contribution in [-0.2, 0) is 4.74 Å². The highest BCUT2D eigenvalue weighted by atomic mass is 19.4. The van der Waals surface area contributed by atoms with E-state index in [2.05, 4.69) is 11.7 Å². The van der Waals surface area contributed by atoms with E-state index in [1.54, 1.807) is 0 Å². The molecule has 0 saturated carbocycles. The predicted octanol–water partition coefficient (Wildman–Crippen LogP) is 6.92. The summed E-state index contributed by atoms with van der Waals surface area (Å²) in [4.78, 5) is 0. The van der Waals surface area contributed by atoms with Gasteiger partial charge in [-0.25, -0.2) is 0 Å². The SMILES string of the molecule is CCCCCCCN.COCC(F)(F)C(F)(F)C(F)(F)C(F)(F)C(F)(F)C(F)(F)C(F)(F)F. The van der Waals surface area contributed by atoms with Crippen LogP contribution in [0, 0.1) is 0 Å². The topological polar surface area (TPSA) is 35.2 Å². The van der Waals surface area contributed by atoms with Gasteiger partial charge in [-0.05, 0) is 13.0 Å². The smallest absolute Gasteiger partial charge is 0.378 e. The van der Waals surface area contributed by atoms with Crippen molar-refractivity contribution in [2.75, 3.05) is 20.3 Å². The molecule has 0 saturated heterocycles. The van der Waals surface area contributed by atoms with Crippen LogP contribution in [0.1, 0.15) is 39.0 Å². The lowest BCUT2D eigenvalue weighted by atomic mass is 9.91. The van der Waals surface area contributed by atoms with Gasteiger partial charge in [0.25, 0.3) is 0 Å². The average Bonchev–Trinajstić information content (AvgIpc) is 2.64. The Hall–Kier alpha value is -1.13. The van der Waals surface area contributed by atoms with E-state index in [0.29, 0.717) is 0 Å². The predicted molar refractivity (Wildman–Crippen MR) is 85.4 cm³/mol. The van der Waals surface area contributed by atoms with Crippen molar-refractivity contribution in [2.24, 2.45) is 5.73 Å². The lowest BCUT2D eigenvalue weighted by Gasteiger charge is -2.41. The Balaban J connectivity index is 0. The molecular formula is C16H22F15NO. The first-order chi connectivity index (χ1) is 14.5. The molecule has 0 bridgehead atoms. The zero-order valence-corrected chi connectivity index (χ0v) is 17.1. The number of nitrogens with two attached hydrogens (primary N) is 1. The molecule has 0 unspecified atom stereocenters. The molecule has 0 aliphatic rings. The van der Waals surface area contributed by atoms with Crippen LogP contribution in [0.3, 0.4) is 0 Å². The molecule has 0 aromatic heterocycles. The van der Waals surface area contributed by atoms with Crippen LogP contribution in [0.5, 0.6) is 0 Å². The molecule has 0 fully saturated rings. The minimum Gasteiger partial charge on any atom is -0.378 e. The summed E-state index contributed by atoms with van der Waals surface area (Å²) >= 11 is 0. The zero-order valence-electron chi connectivity index (χ0n) is 17.1. The van der Waals surface area contributed by atoms with Crippen LogP contribution in [0.15, 0.2) is 0 Å². The highest BCUT2D eigenvalue weighted by molar-refractivity contribution is 5.12. The first-order valence-corrected chi connectivity index (χ1v) is 9.00. The minimum atomic E-state index is -8.25. The number of alkyl halides is 15. The fraction of sp³-hybridized carbons (Fsp3) is 1.00. The Labute approximate surface area is 178 Å². The number of methoxy groups -OCH3 is 1. The van der Waals surface area contributed by atoms with Crippen molar-refractivity contribution in [3.8, 4) is 0 Å². The molecular weight excluding hydrogens is 507 g/mol. The molecule has 2 N–H and O–H groups in total. The van der Waals surface area contributed by atoms with Gasteiger partial charge in [0, 0.05) is 7.11 Å². The van der Waals surface area contributed by atoms with Gasteiger partial charge in [-0.3, -0.25) is 0 Å². The summed E-state index contributed by atoms with van der Waals surface area (Å²) in [5, 5.41) is 0. The first kappa shape index (κ1) is 34.0. The van der Waals surface area contributed by atoms with E-state index < -0.39 is 48.3 Å². The van der Waals surface area contributed by atoms with Crippen molar-refractivity contribution in [1.29, 1.82) is 0 Å². The van der Waals surface area contributed by atoms with E-state index in [-0.39, 0.29) is 7.11 Å². The van der Waals surface area contributed by atoms with Gasteiger partial charge in [0.2, 0.25) is 0 Å². The molecule has 0 radical (unpaired) electrons. The van der Waals surface area contributed by atoms with Crippen LogP contribution < -0.4 is 5.73 Å². The standard InChI is InChI=1S/C9H5F15O.C7H17N/c1-25-2-3(10,11)4(12,13)5(14,15)6(16,17)7(18,19)8(20,21)9(22,23)24;1-2-3-4-5-6-7-8/h2H2,1H3;2-8H2,1H3. The van der Waals surface area contributed by atoms with Gasteiger partial charge in [0.1, 0.15) is 6.61 Å². The quantitative estimate of drug-likeness (QED) is 0.220. The minimum absolute atomic E-state index is 0.159. The average molecular weight is 529 g/mol. The Kier molecular flexibility index (Phi) is 11.9. The van der Waals surface area contributed by atoms with E-state index in [1.165, 1.54) is 32.1 Å². The van der Waals surface area contributed by atoms with E-state index >= 15 is 0 Å². The molecule has 0 heterocycles. The molecule has 0 amide bonds. The number of hydrogen-bond donors (Lipinski definition) is 1. The van der Waals surface area contributed by atoms with Crippen molar-refractivity contribution in [1.82, 2.24) is 0 Å². The fourth-order valence-electron chi connectivity index (χ4n) is 2.02. The van der Waals surface area contributed by atoms with Crippen molar-refractivity contribution < 1.29 is 70.6 Å². The van der Waals surface area contributed by atoms with Crippen molar-refractivity contribution >= 4 is 0 Å². The normalized spacial score (nSPS) is 14.7. The monoisotopic (exact) mass is 529 g/mol. The summed E-state index contributed by atoms with van der Waals surface area (Å²) in [5.74, 6) is -46.3. The Morgan fingerprint density at radius 2 is 0.909 bits per heavy atom. The second-order valence-corrected chi connectivity index (χ2v) is 6.71. The lowest BCUT2D eigenvalue weighted by Crippen LogP contribution is -2.73. The fourth-order valence-corrected chi connectivity index (χ4v) is 2.02. The maximum Gasteiger partial charge on any atom is 0.460 e. The second-order valence-electron chi connectivity index (χ2n) is 6.71. The van der Waals surface area contributed by atoms with E-state index in [4.69, 9.17) is 5.73 Å². The third-order valence-electron chi connectivity index (χ3n) is 4.03. The molecule has 0 aliphatic carbocycles. The molecule has 33 heavy (non-hydrogen) atoms. The van der Waals surface area contributed by atoms with Gasteiger partial charge < -0.3 is 10.5 Å². The Bertz CT molecular complexity index is 569. The number of rotatable bonds is 12. The highest BCUT2D eigenvalue weighted by Gasteiger charge is 2.93. The van der Waals surface area contributed by atoms with Gasteiger partial charge in [-0.1, -0.05) is 32.6 Å². The summed E-state index contributed by atoms with van der Waals surface area (Å²) in [7, 11) is 0.159. The highest BCUT2D eigenvalue weighted by Crippen LogP contribution is 2.62. The molecule has 2 nitrogen and oxygen atoms in total. The van der Waals surface area contributed by atoms with Crippen LogP contribution in [0.2, 0.25) is 0 Å². The second kappa shape index (κ2) is 11.5. The molecule has 0 aliphatic heterocycles. The van der Waals surface area contributed by atoms with Gasteiger partial charge in [0.05, 0.1) is 0 Å². The van der Waals surface area contributed by atoms with Crippen LogP contribution in [-0.4, -0.2) is 62.0 Å². The summed E-state index contributed by atoms with van der Waals surface area (Å²) < 4.78 is 192. The van der Waals surface area contributed by atoms with Crippen LogP contribution in [0.25, 0.3) is 0 Å². The molecule has 17 heteroatoms. The van der Waals surface area contributed by atoms with E-state index in [9.17, 15) is 65.9 Å². The van der Waals surface area contributed by atoms with Crippen molar-refractivity contribution in [3.05, 3.63) is 0 Å². The molecule has 0 rings (SSSR count). The lowest BCUT2D eigenvalue weighted by molar-refractivity contribution is -0.453. The van der Waals surface area contributed by atoms with Gasteiger partial charge >= 0.3 is 41.7 Å². The third kappa shape index (κ3) is 6.72. The number of halogens is 15. The largest absolute Gasteiger partial charge is 0.460 e. The van der Waals surface area contributed by atoms with Crippen LogP contribution >= 0.6 is 0 Å². The maximum absolute atomic E-state index is 13.0. The number of hydrogen-bond acceptors (Lipinski definition) is 2. The van der Waals surface area contributed by atoms with Crippen molar-refractivity contribution in [3.63, 3.8) is 0 Å². The Morgan fingerprint density at radius 3 is 1.24 bits per heavy atom. The number of ether oxygens (including phenoxy) is 1. The van der Waals surface area contributed by atoms with E-state index in [1.807, 2.05) is 0 Å². The zero-order chi connectivity index (χ0) is 27.2. The third-order valence-corrected chi connectivity index (χ3v) is 4.03. The molecule has 0 aromatic carbocycles. The molecule has 0 aromatic rings. The van der Waals surface area contributed by atoms with Gasteiger partial charge in [-0.2, -0.15) is 65.9 Å². The number of unbranched alkanes of at least 4 members (excludes halogenated alkanes) is 4.